The largest absolute Gasteiger partial charge is 0.466 e. The van der Waals surface area contributed by atoms with Crippen molar-refractivity contribution in [1.29, 1.82) is 0 Å². The molecule has 0 aliphatic heterocycles. The Labute approximate surface area is 177 Å². The van der Waals surface area contributed by atoms with Crippen molar-refractivity contribution in [2.75, 3.05) is 19.8 Å². The SMILES string of the molecule is CCCCCCCCCCCCOCCO.O=P(O)(O)O.[K]. The van der Waals surface area contributed by atoms with Crippen LogP contribution in [-0.2, 0) is 9.30 Å². The van der Waals surface area contributed by atoms with Crippen LogP contribution >= 0.6 is 7.82 Å². The summed E-state index contributed by atoms with van der Waals surface area (Å²) >= 11 is 0. The molecule has 0 aromatic rings. The average Bonchev–Trinajstić information content (AvgIpc) is 2.38. The fraction of sp³-hybridized carbons (Fsp3) is 1.00. The third kappa shape index (κ3) is 43.0. The van der Waals surface area contributed by atoms with Gasteiger partial charge in [0.2, 0.25) is 0 Å². The van der Waals surface area contributed by atoms with E-state index >= 15 is 0 Å². The number of aliphatic hydroxyl groups excluding tert-OH is 1. The smallest absolute Gasteiger partial charge is 0.394 e. The van der Waals surface area contributed by atoms with Crippen LogP contribution in [-0.4, -0.2) is 91.0 Å². The zero-order chi connectivity index (χ0) is 16.4. The summed E-state index contributed by atoms with van der Waals surface area (Å²) in [6, 6.07) is 0. The van der Waals surface area contributed by atoms with Crippen LogP contribution in [0.2, 0.25) is 0 Å². The molecule has 1 radical (unpaired) electrons. The molecular formula is C14H33KO6P. The van der Waals surface area contributed by atoms with Gasteiger partial charge < -0.3 is 24.5 Å². The Balaban J connectivity index is -0.000000520. The number of unbranched alkanes of at least 4 members (excludes halogenated alkanes) is 9. The van der Waals surface area contributed by atoms with E-state index in [4.69, 9.17) is 29.1 Å². The molecule has 0 amide bonds. The van der Waals surface area contributed by atoms with Gasteiger partial charge in [-0.1, -0.05) is 64.7 Å². The summed E-state index contributed by atoms with van der Waals surface area (Å²) in [6.45, 7) is 3.73. The van der Waals surface area contributed by atoms with E-state index in [0.29, 0.717) is 6.61 Å². The van der Waals surface area contributed by atoms with Crippen molar-refractivity contribution < 1.29 is 29.1 Å². The summed E-state index contributed by atoms with van der Waals surface area (Å²) in [5, 5.41) is 8.50. The van der Waals surface area contributed by atoms with Crippen LogP contribution in [0.25, 0.3) is 0 Å². The number of hydrogen-bond acceptors (Lipinski definition) is 3. The number of aliphatic hydroxyl groups is 1. The van der Waals surface area contributed by atoms with Gasteiger partial charge in [0, 0.05) is 58.0 Å². The third-order valence-corrected chi connectivity index (χ3v) is 2.88. The number of hydrogen-bond donors (Lipinski definition) is 4. The standard InChI is InChI=1S/C14H30O2.K.H3O4P/c1-2-3-4-5-6-7-8-9-10-11-13-16-14-12-15;;1-5(2,3)4/h15H,2-14H2,1H3;;(H3,1,2,3,4). The number of ether oxygens (including phenoxy) is 1. The van der Waals surface area contributed by atoms with Crippen LogP contribution in [0, 0.1) is 0 Å². The minimum absolute atomic E-state index is 0. The zero-order valence-corrected chi connectivity index (χ0v) is 18.3. The van der Waals surface area contributed by atoms with Crippen molar-refractivity contribution in [3.05, 3.63) is 0 Å². The van der Waals surface area contributed by atoms with Crippen LogP contribution in [0.5, 0.6) is 0 Å². The van der Waals surface area contributed by atoms with Gasteiger partial charge in [-0.2, -0.15) is 0 Å². The average molecular weight is 367 g/mol. The number of rotatable bonds is 13. The molecule has 0 aromatic heterocycles. The normalized spacial score (nSPS) is 10.6. The van der Waals surface area contributed by atoms with Crippen molar-refractivity contribution in [2.24, 2.45) is 0 Å². The predicted octanol–water partition coefficient (Wildman–Crippen LogP) is 2.61. The summed E-state index contributed by atoms with van der Waals surface area (Å²) in [7, 11) is -4.64. The first-order valence-corrected chi connectivity index (χ1v) is 9.45. The van der Waals surface area contributed by atoms with E-state index < -0.39 is 7.82 Å². The molecule has 22 heavy (non-hydrogen) atoms. The fourth-order valence-corrected chi connectivity index (χ4v) is 1.86. The Hall–Kier alpha value is 1.67. The van der Waals surface area contributed by atoms with Crippen LogP contribution in [0.1, 0.15) is 71.1 Å². The molecule has 0 saturated heterocycles. The minimum Gasteiger partial charge on any atom is -0.394 e. The van der Waals surface area contributed by atoms with Crippen molar-refractivity contribution in [1.82, 2.24) is 0 Å². The van der Waals surface area contributed by atoms with Gasteiger partial charge in [-0.3, -0.25) is 0 Å². The van der Waals surface area contributed by atoms with E-state index in [2.05, 4.69) is 6.92 Å². The van der Waals surface area contributed by atoms with Crippen LogP contribution in [0.4, 0.5) is 0 Å². The van der Waals surface area contributed by atoms with Crippen LogP contribution in [0.3, 0.4) is 0 Å². The molecule has 0 spiro atoms. The molecule has 8 heteroatoms. The second-order valence-electron chi connectivity index (χ2n) is 5.03. The molecule has 0 fully saturated rings. The van der Waals surface area contributed by atoms with Crippen molar-refractivity contribution in [3.8, 4) is 0 Å². The van der Waals surface area contributed by atoms with E-state index in [0.717, 1.165) is 13.0 Å². The Kier molecular flexibility index (Phi) is 29.3. The van der Waals surface area contributed by atoms with E-state index in [1.165, 1.54) is 57.8 Å². The summed E-state index contributed by atoms with van der Waals surface area (Å²) in [6.07, 6.45) is 13.6. The summed E-state index contributed by atoms with van der Waals surface area (Å²) in [5.41, 5.74) is 0. The first-order valence-electron chi connectivity index (χ1n) is 7.88. The summed E-state index contributed by atoms with van der Waals surface area (Å²) in [5.74, 6) is 0. The van der Waals surface area contributed by atoms with E-state index in [1.807, 2.05) is 0 Å². The second kappa shape index (κ2) is 22.7. The molecule has 131 valence electrons. The third-order valence-electron chi connectivity index (χ3n) is 2.88. The molecular weight excluding hydrogens is 334 g/mol. The summed E-state index contributed by atoms with van der Waals surface area (Å²) in [4.78, 5) is 21.6. The van der Waals surface area contributed by atoms with Gasteiger partial charge in [0.05, 0.1) is 13.2 Å². The fourth-order valence-electron chi connectivity index (χ4n) is 1.86. The molecule has 0 aliphatic rings. The van der Waals surface area contributed by atoms with Gasteiger partial charge in [-0.25, -0.2) is 4.57 Å². The zero-order valence-electron chi connectivity index (χ0n) is 14.2. The summed E-state index contributed by atoms with van der Waals surface area (Å²) < 4.78 is 14.1. The Morgan fingerprint density at radius 2 is 1.14 bits per heavy atom. The maximum atomic E-state index is 8.88. The Morgan fingerprint density at radius 3 is 1.50 bits per heavy atom. The first kappa shape index (κ1) is 28.5. The molecule has 0 unspecified atom stereocenters. The Morgan fingerprint density at radius 1 is 0.773 bits per heavy atom. The van der Waals surface area contributed by atoms with Crippen molar-refractivity contribution in [3.63, 3.8) is 0 Å². The van der Waals surface area contributed by atoms with Crippen LogP contribution in [0.15, 0.2) is 0 Å². The monoisotopic (exact) mass is 367 g/mol. The van der Waals surface area contributed by atoms with Gasteiger partial charge >= 0.3 is 7.82 Å². The molecule has 0 aliphatic carbocycles. The van der Waals surface area contributed by atoms with Crippen molar-refractivity contribution >= 4 is 59.2 Å². The molecule has 0 bridgehead atoms. The predicted molar refractivity (Wildman–Crippen MR) is 89.8 cm³/mol. The van der Waals surface area contributed by atoms with Gasteiger partial charge in [-0.15, -0.1) is 0 Å². The molecule has 0 heterocycles. The van der Waals surface area contributed by atoms with Gasteiger partial charge in [0.1, 0.15) is 0 Å². The van der Waals surface area contributed by atoms with Gasteiger partial charge in [-0.05, 0) is 6.42 Å². The Bertz CT molecular complexity index is 215. The van der Waals surface area contributed by atoms with E-state index in [-0.39, 0.29) is 58.0 Å². The quantitative estimate of drug-likeness (QED) is 0.226. The number of phosphoric acid groups is 1. The molecule has 0 saturated carbocycles. The first-order chi connectivity index (χ1) is 9.91. The maximum Gasteiger partial charge on any atom is 0.466 e. The van der Waals surface area contributed by atoms with Crippen LogP contribution < -0.4 is 0 Å². The van der Waals surface area contributed by atoms with E-state index in [1.54, 1.807) is 0 Å². The molecule has 4 N–H and O–H groups in total. The molecule has 0 rings (SSSR count). The maximum absolute atomic E-state index is 8.88. The van der Waals surface area contributed by atoms with Gasteiger partial charge in [0.25, 0.3) is 0 Å². The molecule has 6 nitrogen and oxygen atoms in total. The van der Waals surface area contributed by atoms with Gasteiger partial charge in [0.15, 0.2) is 0 Å². The minimum atomic E-state index is -4.64. The topological polar surface area (TPSA) is 107 Å². The molecule has 0 aromatic carbocycles. The van der Waals surface area contributed by atoms with E-state index in [9.17, 15) is 0 Å². The second-order valence-corrected chi connectivity index (χ2v) is 6.06. The van der Waals surface area contributed by atoms with Crippen molar-refractivity contribution in [2.45, 2.75) is 71.1 Å². The molecule has 0 atom stereocenters.